The van der Waals surface area contributed by atoms with Crippen LogP contribution in [0.5, 0.6) is 0 Å². The number of benzene rings is 2. The molecule has 0 fully saturated rings. The first-order valence-electron chi connectivity index (χ1n) is 5.96. The van der Waals surface area contributed by atoms with Crippen molar-refractivity contribution in [1.29, 1.82) is 0 Å². The summed E-state index contributed by atoms with van der Waals surface area (Å²) in [6.07, 6.45) is 4.31. The monoisotopic (exact) mass is 212 g/mol. The van der Waals surface area contributed by atoms with Crippen molar-refractivity contribution < 1.29 is 0 Å². The highest BCUT2D eigenvalue weighted by Crippen LogP contribution is 2.07. The number of fused-ring (bicyclic) bond motifs is 1. The molecule has 0 aliphatic carbocycles. The summed E-state index contributed by atoms with van der Waals surface area (Å²) < 4.78 is 0. The third-order valence-corrected chi connectivity index (χ3v) is 2.57. The summed E-state index contributed by atoms with van der Waals surface area (Å²) in [5.41, 5.74) is 0. The first-order chi connectivity index (χ1) is 7.85. The zero-order valence-electron chi connectivity index (χ0n) is 10.6. The molecule has 0 aliphatic rings. The Morgan fingerprint density at radius 1 is 0.750 bits per heavy atom. The lowest BCUT2D eigenvalue weighted by molar-refractivity contribution is 1.50. The van der Waals surface area contributed by atoms with Crippen molar-refractivity contribution >= 4 is 22.9 Å². The van der Waals surface area contributed by atoms with Gasteiger partial charge in [0, 0.05) is 0 Å². The maximum absolute atomic E-state index is 2.24. The van der Waals surface area contributed by atoms with E-state index in [0.29, 0.717) is 0 Å². The van der Waals surface area contributed by atoms with Crippen molar-refractivity contribution in [1.82, 2.24) is 0 Å². The van der Waals surface area contributed by atoms with Crippen LogP contribution in [0.2, 0.25) is 0 Å². The molecule has 2 aromatic rings. The van der Waals surface area contributed by atoms with Crippen LogP contribution >= 0.6 is 0 Å². The van der Waals surface area contributed by atoms with E-state index in [4.69, 9.17) is 0 Å². The Bertz CT molecular complexity index is 510. The van der Waals surface area contributed by atoms with Crippen molar-refractivity contribution in [3.63, 3.8) is 0 Å². The quantitative estimate of drug-likeness (QED) is 0.627. The van der Waals surface area contributed by atoms with E-state index in [1.807, 2.05) is 13.8 Å². The van der Waals surface area contributed by atoms with Gasteiger partial charge in [-0.15, -0.1) is 0 Å². The molecule has 0 heteroatoms. The molecule has 0 saturated heterocycles. The zero-order chi connectivity index (χ0) is 12.0. The molecule has 0 amide bonds. The van der Waals surface area contributed by atoms with Crippen LogP contribution in [0.4, 0.5) is 0 Å². The highest BCUT2D eigenvalue weighted by Gasteiger charge is 1.91. The standard InChI is InChI=1S/C14H14.C2H6/c1-3-11-9-13-7-5-6-8-14(13)10-12(11)4-2;1-2/h3-10H,1-2H3;1-2H3/b11-3-,12-4-;. The predicted octanol–water partition coefficient (Wildman–Crippen LogP) is 3.47. The molecular formula is C16H20. The van der Waals surface area contributed by atoms with Gasteiger partial charge in [-0.25, -0.2) is 0 Å². The van der Waals surface area contributed by atoms with Gasteiger partial charge in [0.15, 0.2) is 0 Å². The topological polar surface area (TPSA) is 0 Å². The van der Waals surface area contributed by atoms with E-state index in [9.17, 15) is 0 Å². The third-order valence-electron chi connectivity index (χ3n) is 2.57. The van der Waals surface area contributed by atoms with Gasteiger partial charge in [0.25, 0.3) is 0 Å². The fourth-order valence-electron chi connectivity index (χ4n) is 1.78. The van der Waals surface area contributed by atoms with Gasteiger partial charge in [0.2, 0.25) is 0 Å². The third kappa shape index (κ3) is 2.52. The molecule has 0 spiro atoms. The molecular weight excluding hydrogens is 192 g/mol. The Kier molecular flexibility index (Phi) is 4.78. The van der Waals surface area contributed by atoms with Crippen LogP contribution in [0.25, 0.3) is 22.9 Å². The molecule has 0 bridgehead atoms. The highest BCUT2D eigenvalue weighted by molar-refractivity contribution is 5.82. The summed E-state index contributed by atoms with van der Waals surface area (Å²) in [4.78, 5) is 0. The normalized spacial score (nSPS) is 12.5. The van der Waals surface area contributed by atoms with Gasteiger partial charge in [-0.3, -0.25) is 0 Å². The lowest BCUT2D eigenvalue weighted by Gasteiger charge is -1.97. The molecule has 0 unspecified atom stereocenters. The zero-order valence-corrected chi connectivity index (χ0v) is 10.6. The smallest absolute Gasteiger partial charge is 0.0178 e. The summed E-state index contributed by atoms with van der Waals surface area (Å²) in [5.74, 6) is 0. The second-order valence-electron chi connectivity index (χ2n) is 3.41. The van der Waals surface area contributed by atoms with Crippen molar-refractivity contribution in [2.75, 3.05) is 0 Å². The molecule has 0 nitrogen and oxygen atoms in total. The molecule has 2 rings (SSSR count). The van der Waals surface area contributed by atoms with Crippen LogP contribution in [-0.2, 0) is 0 Å². The summed E-state index contributed by atoms with van der Waals surface area (Å²) >= 11 is 0. The molecule has 0 saturated carbocycles. The summed E-state index contributed by atoms with van der Waals surface area (Å²) in [5, 5.41) is 5.25. The van der Waals surface area contributed by atoms with E-state index in [-0.39, 0.29) is 0 Å². The Labute approximate surface area is 97.9 Å². The summed E-state index contributed by atoms with van der Waals surface area (Å²) in [6.45, 7) is 8.16. The van der Waals surface area contributed by atoms with Gasteiger partial charge in [0.05, 0.1) is 0 Å². The van der Waals surface area contributed by atoms with Crippen LogP contribution in [0.1, 0.15) is 27.7 Å². The molecule has 0 aromatic heterocycles. The highest BCUT2D eigenvalue weighted by atomic mass is 14.0. The molecule has 0 radical (unpaired) electrons. The minimum absolute atomic E-state index is 1.31. The fourth-order valence-corrected chi connectivity index (χ4v) is 1.78. The van der Waals surface area contributed by atoms with Gasteiger partial charge in [0.1, 0.15) is 0 Å². The molecule has 0 atom stereocenters. The number of rotatable bonds is 0. The second kappa shape index (κ2) is 6.12. The lowest BCUT2D eigenvalue weighted by Crippen LogP contribution is -2.23. The summed E-state index contributed by atoms with van der Waals surface area (Å²) in [6, 6.07) is 13.0. The molecule has 84 valence electrons. The summed E-state index contributed by atoms with van der Waals surface area (Å²) in [7, 11) is 0. The minimum Gasteiger partial charge on any atom is -0.0798 e. The van der Waals surface area contributed by atoms with Gasteiger partial charge in [-0.05, 0) is 47.2 Å². The van der Waals surface area contributed by atoms with Crippen molar-refractivity contribution in [2.24, 2.45) is 0 Å². The first-order valence-corrected chi connectivity index (χ1v) is 5.96. The Hall–Kier alpha value is -1.56. The van der Waals surface area contributed by atoms with Gasteiger partial charge in [-0.1, -0.05) is 50.3 Å². The SMILES string of the molecule is C/C=c1/cc2ccccc2c/c1=C/C.CC. The molecule has 0 N–H and O–H groups in total. The van der Waals surface area contributed by atoms with Crippen LogP contribution in [-0.4, -0.2) is 0 Å². The van der Waals surface area contributed by atoms with E-state index >= 15 is 0 Å². The minimum atomic E-state index is 1.31. The number of hydrogen-bond acceptors (Lipinski definition) is 0. The van der Waals surface area contributed by atoms with E-state index in [1.54, 1.807) is 0 Å². The van der Waals surface area contributed by atoms with E-state index in [0.717, 1.165) is 0 Å². The van der Waals surface area contributed by atoms with Crippen LogP contribution < -0.4 is 10.4 Å². The molecule has 0 heterocycles. The Morgan fingerprint density at radius 3 is 1.44 bits per heavy atom. The Balaban J connectivity index is 0.000000606. The van der Waals surface area contributed by atoms with E-state index in [2.05, 4.69) is 62.4 Å². The van der Waals surface area contributed by atoms with Crippen LogP contribution in [0.15, 0.2) is 36.4 Å². The Morgan fingerprint density at radius 2 is 1.12 bits per heavy atom. The van der Waals surface area contributed by atoms with E-state index < -0.39 is 0 Å². The maximum Gasteiger partial charge on any atom is -0.0178 e. The average molecular weight is 212 g/mol. The van der Waals surface area contributed by atoms with Crippen LogP contribution in [0, 0.1) is 0 Å². The molecule has 0 aliphatic heterocycles. The largest absolute Gasteiger partial charge is 0.0798 e. The van der Waals surface area contributed by atoms with Gasteiger partial charge in [-0.2, -0.15) is 0 Å². The predicted molar refractivity (Wildman–Crippen MR) is 74.8 cm³/mol. The van der Waals surface area contributed by atoms with Crippen molar-refractivity contribution in [3.8, 4) is 0 Å². The van der Waals surface area contributed by atoms with Crippen molar-refractivity contribution in [3.05, 3.63) is 46.8 Å². The molecule has 2 aromatic carbocycles. The average Bonchev–Trinajstić information content (AvgIpc) is 2.39. The van der Waals surface area contributed by atoms with Crippen molar-refractivity contribution in [2.45, 2.75) is 27.7 Å². The van der Waals surface area contributed by atoms with Crippen LogP contribution in [0.3, 0.4) is 0 Å². The molecule has 16 heavy (non-hydrogen) atoms. The number of hydrogen-bond donors (Lipinski definition) is 0. The second-order valence-corrected chi connectivity index (χ2v) is 3.41. The fraction of sp³-hybridized carbons (Fsp3) is 0.250. The maximum atomic E-state index is 2.24. The van der Waals surface area contributed by atoms with Gasteiger partial charge >= 0.3 is 0 Å². The van der Waals surface area contributed by atoms with Gasteiger partial charge < -0.3 is 0 Å². The first kappa shape index (κ1) is 12.5. The van der Waals surface area contributed by atoms with E-state index in [1.165, 1.54) is 21.2 Å². The lowest BCUT2D eigenvalue weighted by atomic mass is 10.1.